The Kier molecular flexibility index (Phi) is 3.52. The standard InChI is InChI=1S/C17H21NO/c1-12-6-7-15-10-14(8-9-17(15)18-12)13-4-2-3-5-16(19)11-13/h6-10,13,16,19H,2-5,11H2,1H3. The highest BCUT2D eigenvalue weighted by molar-refractivity contribution is 5.79. The molecule has 0 radical (unpaired) electrons. The lowest BCUT2D eigenvalue weighted by atomic mass is 9.90. The number of pyridine rings is 1. The number of hydrogen-bond acceptors (Lipinski definition) is 2. The van der Waals surface area contributed by atoms with Crippen LogP contribution in [0.2, 0.25) is 0 Å². The molecule has 2 aromatic rings. The molecule has 0 saturated heterocycles. The summed E-state index contributed by atoms with van der Waals surface area (Å²) in [5, 5.41) is 11.2. The van der Waals surface area contributed by atoms with Crippen LogP contribution in [0.1, 0.15) is 49.3 Å². The Morgan fingerprint density at radius 2 is 1.95 bits per heavy atom. The molecule has 1 N–H and O–H groups in total. The van der Waals surface area contributed by atoms with E-state index < -0.39 is 0 Å². The molecular weight excluding hydrogens is 234 g/mol. The average molecular weight is 255 g/mol. The van der Waals surface area contributed by atoms with Crippen molar-refractivity contribution in [2.24, 2.45) is 0 Å². The lowest BCUT2D eigenvalue weighted by molar-refractivity contribution is 0.152. The summed E-state index contributed by atoms with van der Waals surface area (Å²) < 4.78 is 0. The van der Waals surface area contributed by atoms with E-state index in [1.165, 1.54) is 23.8 Å². The number of aliphatic hydroxyl groups excluding tert-OH is 1. The van der Waals surface area contributed by atoms with Gasteiger partial charge in [0.25, 0.3) is 0 Å². The molecule has 1 aliphatic carbocycles. The van der Waals surface area contributed by atoms with E-state index in [2.05, 4.69) is 35.3 Å². The second-order valence-corrected chi connectivity index (χ2v) is 5.78. The molecule has 0 spiro atoms. The largest absolute Gasteiger partial charge is 0.393 e. The molecule has 1 fully saturated rings. The summed E-state index contributed by atoms with van der Waals surface area (Å²) in [4.78, 5) is 4.55. The van der Waals surface area contributed by atoms with Crippen molar-refractivity contribution >= 4 is 10.9 Å². The molecule has 0 bridgehead atoms. The summed E-state index contributed by atoms with van der Waals surface area (Å²) in [6, 6.07) is 10.8. The Bertz CT molecular complexity index is 578. The molecule has 19 heavy (non-hydrogen) atoms. The number of nitrogens with zero attached hydrogens (tertiary/aromatic N) is 1. The molecule has 2 unspecified atom stereocenters. The lowest BCUT2D eigenvalue weighted by Crippen LogP contribution is -2.09. The number of rotatable bonds is 1. The Morgan fingerprint density at radius 1 is 1.11 bits per heavy atom. The summed E-state index contributed by atoms with van der Waals surface area (Å²) in [6.07, 6.45) is 5.33. The van der Waals surface area contributed by atoms with Crippen LogP contribution in [0.4, 0.5) is 0 Å². The third-order valence-electron chi connectivity index (χ3n) is 4.22. The molecule has 1 heterocycles. The van der Waals surface area contributed by atoms with Gasteiger partial charge in [-0.3, -0.25) is 4.98 Å². The zero-order chi connectivity index (χ0) is 13.2. The second kappa shape index (κ2) is 5.30. The van der Waals surface area contributed by atoms with Crippen LogP contribution < -0.4 is 0 Å². The summed E-state index contributed by atoms with van der Waals surface area (Å²) in [7, 11) is 0. The maximum atomic E-state index is 9.96. The number of aliphatic hydroxyl groups is 1. The topological polar surface area (TPSA) is 33.1 Å². The summed E-state index contributed by atoms with van der Waals surface area (Å²) in [6.45, 7) is 2.02. The van der Waals surface area contributed by atoms with Crippen molar-refractivity contribution in [1.82, 2.24) is 4.98 Å². The minimum atomic E-state index is -0.126. The van der Waals surface area contributed by atoms with Gasteiger partial charge in [0.1, 0.15) is 0 Å². The lowest BCUT2D eigenvalue weighted by Gasteiger charge is -2.17. The van der Waals surface area contributed by atoms with E-state index in [4.69, 9.17) is 0 Å². The van der Waals surface area contributed by atoms with Crippen molar-refractivity contribution in [3.8, 4) is 0 Å². The highest BCUT2D eigenvalue weighted by Gasteiger charge is 2.20. The average Bonchev–Trinajstić information content (AvgIpc) is 2.63. The quantitative estimate of drug-likeness (QED) is 0.783. The van der Waals surface area contributed by atoms with Gasteiger partial charge in [0.15, 0.2) is 0 Å². The van der Waals surface area contributed by atoms with Crippen molar-refractivity contribution in [1.29, 1.82) is 0 Å². The van der Waals surface area contributed by atoms with Crippen LogP contribution in [0.25, 0.3) is 10.9 Å². The Hall–Kier alpha value is -1.41. The first-order valence-corrected chi connectivity index (χ1v) is 7.28. The predicted octanol–water partition coefficient (Wildman–Crippen LogP) is 3.95. The van der Waals surface area contributed by atoms with Crippen LogP contribution in [-0.2, 0) is 0 Å². The van der Waals surface area contributed by atoms with E-state index in [1.54, 1.807) is 0 Å². The van der Waals surface area contributed by atoms with Gasteiger partial charge in [0, 0.05) is 11.1 Å². The van der Waals surface area contributed by atoms with Crippen molar-refractivity contribution in [2.45, 2.75) is 51.0 Å². The fourth-order valence-corrected chi connectivity index (χ4v) is 3.14. The minimum Gasteiger partial charge on any atom is -0.393 e. The van der Waals surface area contributed by atoms with Gasteiger partial charge in [0.2, 0.25) is 0 Å². The van der Waals surface area contributed by atoms with Crippen molar-refractivity contribution < 1.29 is 5.11 Å². The molecule has 100 valence electrons. The monoisotopic (exact) mass is 255 g/mol. The van der Waals surface area contributed by atoms with Gasteiger partial charge in [-0.25, -0.2) is 0 Å². The second-order valence-electron chi connectivity index (χ2n) is 5.78. The van der Waals surface area contributed by atoms with E-state index in [0.29, 0.717) is 5.92 Å². The van der Waals surface area contributed by atoms with Crippen LogP contribution in [0.3, 0.4) is 0 Å². The molecule has 1 aromatic heterocycles. The smallest absolute Gasteiger partial charge is 0.0705 e. The Balaban J connectivity index is 1.93. The van der Waals surface area contributed by atoms with E-state index in [1.807, 2.05) is 6.92 Å². The fourth-order valence-electron chi connectivity index (χ4n) is 3.14. The predicted molar refractivity (Wildman–Crippen MR) is 78.3 cm³/mol. The first-order chi connectivity index (χ1) is 9.22. The molecule has 1 aliphatic rings. The summed E-state index contributed by atoms with van der Waals surface area (Å²) in [5.74, 6) is 0.503. The first-order valence-electron chi connectivity index (χ1n) is 7.28. The van der Waals surface area contributed by atoms with Gasteiger partial charge in [-0.1, -0.05) is 25.0 Å². The summed E-state index contributed by atoms with van der Waals surface area (Å²) in [5.41, 5.74) is 3.49. The zero-order valence-electron chi connectivity index (χ0n) is 11.5. The normalized spacial score (nSPS) is 24.3. The maximum absolute atomic E-state index is 9.96. The molecule has 2 heteroatoms. The van der Waals surface area contributed by atoms with Gasteiger partial charge in [-0.2, -0.15) is 0 Å². The molecule has 1 aromatic carbocycles. The maximum Gasteiger partial charge on any atom is 0.0705 e. The molecule has 3 rings (SSSR count). The third kappa shape index (κ3) is 2.79. The number of benzene rings is 1. The van der Waals surface area contributed by atoms with Crippen molar-refractivity contribution in [2.75, 3.05) is 0 Å². The van der Waals surface area contributed by atoms with E-state index >= 15 is 0 Å². The summed E-state index contributed by atoms with van der Waals surface area (Å²) >= 11 is 0. The van der Waals surface area contributed by atoms with Gasteiger partial charge in [0.05, 0.1) is 11.6 Å². The van der Waals surface area contributed by atoms with Gasteiger partial charge in [-0.15, -0.1) is 0 Å². The molecule has 0 amide bonds. The van der Waals surface area contributed by atoms with Crippen molar-refractivity contribution in [3.63, 3.8) is 0 Å². The zero-order valence-corrected chi connectivity index (χ0v) is 11.5. The van der Waals surface area contributed by atoms with Crippen LogP contribution in [0, 0.1) is 6.92 Å². The number of hydrogen-bond donors (Lipinski definition) is 1. The Labute approximate surface area is 114 Å². The SMILES string of the molecule is Cc1ccc2cc(C3CCCCC(O)C3)ccc2n1. The number of aryl methyl sites for hydroxylation is 1. The highest BCUT2D eigenvalue weighted by Crippen LogP contribution is 2.33. The van der Waals surface area contributed by atoms with Gasteiger partial charge >= 0.3 is 0 Å². The van der Waals surface area contributed by atoms with Crippen LogP contribution >= 0.6 is 0 Å². The molecule has 1 saturated carbocycles. The molecule has 0 aliphatic heterocycles. The third-order valence-corrected chi connectivity index (χ3v) is 4.22. The Morgan fingerprint density at radius 3 is 2.84 bits per heavy atom. The van der Waals surface area contributed by atoms with E-state index in [-0.39, 0.29) is 6.10 Å². The molecule has 2 atom stereocenters. The fraction of sp³-hybridized carbons (Fsp3) is 0.471. The molecule has 2 nitrogen and oxygen atoms in total. The number of aromatic nitrogens is 1. The van der Waals surface area contributed by atoms with Crippen molar-refractivity contribution in [3.05, 3.63) is 41.6 Å². The minimum absolute atomic E-state index is 0.126. The van der Waals surface area contributed by atoms with Gasteiger partial charge < -0.3 is 5.11 Å². The van der Waals surface area contributed by atoms with E-state index in [9.17, 15) is 5.11 Å². The number of fused-ring (bicyclic) bond motifs is 1. The van der Waals surface area contributed by atoms with E-state index in [0.717, 1.165) is 30.5 Å². The first kappa shape index (κ1) is 12.6. The van der Waals surface area contributed by atoms with Crippen LogP contribution in [-0.4, -0.2) is 16.2 Å². The highest BCUT2D eigenvalue weighted by atomic mass is 16.3. The van der Waals surface area contributed by atoms with Crippen LogP contribution in [0.5, 0.6) is 0 Å². The molecular formula is C17H21NO. The van der Waals surface area contributed by atoms with Gasteiger partial charge in [-0.05, 0) is 55.9 Å². The van der Waals surface area contributed by atoms with Crippen LogP contribution in [0.15, 0.2) is 30.3 Å².